The van der Waals surface area contributed by atoms with Gasteiger partial charge in [0.2, 0.25) is 10.0 Å². The molecular formula is C20H24FN3O5S. The van der Waals surface area contributed by atoms with Gasteiger partial charge in [-0.15, -0.1) is 0 Å². The highest BCUT2D eigenvalue weighted by molar-refractivity contribution is 7.89. The van der Waals surface area contributed by atoms with Crippen LogP contribution in [0.2, 0.25) is 0 Å². The molecule has 2 aromatic rings. The highest BCUT2D eigenvalue weighted by Crippen LogP contribution is 2.15. The molecule has 1 fully saturated rings. The Morgan fingerprint density at radius 2 is 1.83 bits per heavy atom. The number of pyridine rings is 1. The molecule has 0 bridgehead atoms. The van der Waals surface area contributed by atoms with Crippen LogP contribution in [-0.2, 0) is 14.8 Å². The zero-order valence-corrected chi connectivity index (χ0v) is 17.4. The molecule has 1 N–H and O–H groups in total. The first-order chi connectivity index (χ1) is 14.3. The van der Waals surface area contributed by atoms with Gasteiger partial charge in [0.05, 0.1) is 17.9 Å². The van der Waals surface area contributed by atoms with Crippen LogP contribution in [0.3, 0.4) is 0 Å². The van der Waals surface area contributed by atoms with Gasteiger partial charge in [-0.1, -0.05) is 0 Å². The molecule has 1 aromatic carbocycles. The van der Waals surface area contributed by atoms with Gasteiger partial charge in [-0.2, -0.15) is 0 Å². The Balaban J connectivity index is 1.64. The van der Waals surface area contributed by atoms with Crippen LogP contribution in [0, 0.1) is 5.82 Å². The third-order valence-electron chi connectivity index (χ3n) is 5.01. The van der Waals surface area contributed by atoms with Gasteiger partial charge in [-0.25, -0.2) is 17.1 Å². The predicted octanol–water partition coefficient (Wildman–Crippen LogP) is 1.15. The van der Waals surface area contributed by atoms with Gasteiger partial charge in [-0.05, 0) is 43.2 Å². The largest absolute Gasteiger partial charge is 0.384 e. The van der Waals surface area contributed by atoms with Gasteiger partial charge in [-0.3, -0.25) is 14.2 Å². The smallest absolute Gasteiger partial charge is 0.255 e. The maximum atomic E-state index is 13.1. The summed E-state index contributed by atoms with van der Waals surface area (Å²) in [6.07, 6.45) is 2.40. The van der Waals surface area contributed by atoms with Gasteiger partial charge >= 0.3 is 0 Å². The molecule has 0 saturated carbocycles. The molecule has 3 rings (SSSR count). The molecule has 2 heterocycles. The molecular weight excluding hydrogens is 413 g/mol. The van der Waals surface area contributed by atoms with Crippen molar-refractivity contribution in [2.24, 2.45) is 0 Å². The number of ether oxygens (including phenoxy) is 1. The molecule has 1 aliphatic rings. The quantitative estimate of drug-likeness (QED) is 0.701. The molecule has 1 amide bonds. The Bertz CT molecular complexity index is 1040. The first-order valence-corrected chi connectivity index (χ1v) is 11.2. The maximum Gasteiger partial charge on any atom is 0.255 e. The Morgan fingerprint density at radius 1 is 1.17 bits per heavy atom. The number of carbonyl (C=O) groups excluding carboxylic acids is 1. The lowest BCUT2D eigenvalue weighted by Gasteiger charge is -2.31. The van der Waals surface area contributed by atoms with Gasteiger partial charge in [0.25, 0.3) is 11.5 Å². The third kappa shape index (κ3) is 5.32. The van der Waals surface area contributed by atoms with Crippen molar-refractivity contribution in [2.75, 3.05) is 32.6 Å². The van der Waals surface area contributed by atoms with Crippen molar-refractivity contribution in [2.45, 2.75) is 18.9 Å². The van der Waals surface area contributed by atoms with Crippen LogP contribution in [0.5, 0.6) is 0 Å². The van der Waals surface area contributed by atoms with Crippen molar-refractivity contribution >= 4 is 15.9 Å². The molecule has 8 nitrogen and oxygen atoms in total. The Morgan fingerprint density at radius 3 is 2.47 bits per heavy atom. The van der Waals surface area contributed by atoms with Gasteiger partial charge < -0.3 is 10.1 Å². The summed E-state index contributed by atoms with van der Waals surface area (Å²) in [7, 11) is -1.91. The summed E-state index contributed by atoms with van der Waals surface area (Å²) in [6.45, 7) is 0.793. The van der Waals surface area contributed by atoms with Gasteiger partial charge in [0.15, 0.2) is 0 Å². The van der Waals surface area contributed by atoms with E-state index >= 15 is 0 Å². The summed E-state index contributed by atoms with van der Waals surface area (Å²) >= 11 is 0. The molecule has 0 spiro atoms. The number of nitrogens with one attached hydrogen (secondary N) is 1. The number of halogens is 1. The van der Waals surface area contributed by atoms with E-state index < -0.39 is 15.8 Å². The average molecular weight is 437 g/mol. The molecule has 0 atom stereocenters. The minimum Gasteiger partial charge on any atom is -0.384 e. The molecule has 0 aliphatic carbocycles. The number of carbonyl (C=O) groups is 1. The van der Waals surface area contributed by atoms with E-state index in [1.807, 2.05) is 0 Å². The van der Waals surface area contributed by atoms with Gasteiger partial charge in [0.1, 0.15) is 5.82 Å². The van der Waals surface area contributed by atoms with Crippen LogP contribution in [0.15, 0.2) is 47.4 Å². The van der Waals surface area contributed by atoms with Crippen molar-refractivity contribution in [3.63, 3.8) is 0 Å². The van der Waals surface area contributed by atoms with E-state index in [-0.39, 0.29) is 35.4 Å². The zero-order chi connectivity index (χ0) is 21.7. The predicted molar refractivity (Wildman–Crippen MR) is 110 cm³/mol. The minimum absolute atomic E-state index is 0.0640. The van der Waals surface area contributed by atoms with E-state index in [9.17, 15) is 22.4 Å². The van der Waals surface area contributed by atoms with Crippen molar-refractivity contribution in [1.82, 2.24) is 14.2 Å². The number of rotatable bonds is 7. The van der Waals surface area contributed by atoms with Crippen molar-refractivity contribution in [3.05, 3.63) is 64.3 Å². The fourth-order valence-electron chi connectivity index (χ4n) is 3.29. The second-order valence-corrected chi connectivity index (χ2v) is 9.15. The number of aromatic nitrogens is 1. The summed E-state index contributed by atoms with van der Waals surface area (Å²) in [4.78, 5) is 24.8. The first kappa shape index (κ1) is 22.1. The van der Waals surface area contributed by atoms with Crippen molar-refractivity contribution in [3.8, 4) is 5.69 Å². The standard InChI is InChI=1S/C20H24FN3O5S/c1-29-12-13-30(27,28)23-10-8-17(9-11-23)22-20(26)15-2-7-19(25)24(14-15)18-5-3-16(21)4-6-18/h2-7,14,17H,8-13H2,1H3,(H,22,26). The maximum absolute atomic E-state index is 13.1. The fraction of sp³-hybridized carbons (Fsp3) is 0.400. The lowest BCUT2D eigenvalue weighted by atomic mass is 10.1. The van der Waals surface area contributed by atoms with E-state index in [2.05, 4.69) is 5.32 Å². The van der Waals surface area contributed by atoms with E-state index in [4.69, 9.17) is 4.74 Å². The van der Waals surface area contributed by atoms with E-state index in [0.717, 1.165) is 0 Å². The number of hydrogen-bond donors (Lipinski definition) is 1. The summed E-state index contributed by atoms with van der Waals surface area (Å²) in [6, 6.07) is 7.94. The number of nitrogens with zero attached hydrogens (tertiary/aromatic N) is 2. The van der Waals surface area contributed by atoms with Crippen molar-refractivity contribution in [1.29, 1.82) is 0 Å². The van der Waals surface area contributed by atoms with Crippen LogP contribution in [0.4, 0.5) is 4.39 Å². The topological polar surface area (TPSA) is 97.7 Å². The molecule has 1 aromatic heterocycles. The summed E-state index contributed by atoms with van der Waals surface area (Å²) in [5, 5.41) is 2.90. The fourth-order valence-corrected chi connectivity index (χ4v) is 4.69. The highest BCUT2D eigenvalue weighted by Gasteiger charge is 2.28. The molecule has 1 aliphatic heterocycles. The Kier molecular flexibility index (Phi) is 7.01. The lowest BCUT2D eigenvalue weighted by molar-refractivity contribution is 0.0923. The third-order valence-corrected chi connectivity index (χ3v) is 6.84. The number of methoxy groups -OCH3 is 1. The van der Waals surface area contributed by atoms with E-state index in [1.165, 1.54) is 58.6 Å². The second kappa shape index (κ2) is 9.50. The molecule has 1 saturated heterocycles. The summed E-state index contributed by atoms with van der Waals surface area (Å²) in [5.41, 5.74) is 0.396. The second-order valence-electron chi connectivity index (χ2n) is 7.06. The SMILES string of the molecule is COCCS(=O)(=O)N1CCC(NC(=O)c2ccc(=O)n(-c3ccc(F)cc3)c2)CC1. The molecule has 162 valence electrons. The van der Waals surface area contributed by atoms with Gasteiger partial charge in [0, 0.05) is 44.2 Å². The highest BCUT2D eigenvalue weighted by atomic mass is 32.2. The average Bonchev–Trinajstić information content (AvgIpc) is 2.74. The molecule has 0 unspecified atom stereocenters. The number of piperidine rings is 1. The molecule has 30 heavy (non-hydrogen) atoms. The first-order valence-electron chi connectivity index (χ1n) is 9.56. The number of sulfonamides is 1. The van der Waals surface area contributed by atoms with E-state index in [0.29, 0.717) is 31.6 Å². The summed E-state index contributed by atoms with van der Waals surface area (Å²) in [5.74, 6) is -0.839. The molecule has 0 radical (unpaired) electrons. The minimum atomic E-state index is -3.36. The normalized spacial score (nSPS) is 15.8. The number of hydrogen-bond acceptors (Lipinski definition) is 5. The Hall–Kier alpha value is -2.56. The Labute approximate surface area is 174 Å². The van der Waals surface area contributed by atoms with Crippen LogP contribution < -0.4 is 10.9 Å². The van der Waals surface area contributed by atoms with Crippen molar-refractivity contribution < 1.29 is 22.3 Å². The van der Waals surface area contributed by atoms with Crippen LogP contribution >= 0.6 is 0 Å². The molecule has 10 heteroatoms. The van der Waals surface area contributed by atoms with Crippen LogP contribution in [-0.4, -0.2) is 61.8 Å². The summed E-state index contributed by atoms with van der Waals surface area (Å²) < 4.78 is 45.1. The van der Waals surface area contributed by atoms with Crippen LogP contribution in [0.25, 0.3) is 5.69 Å². The lowest BCUT2D eigenvalue weighted by Crippen LogP contribution is -2.47. The van der Waals surface area contributed by atoms with E-state index in [1.54, 1.807) is 0 Å². The number of benzene rings is 1. The number of amides is 1. The zero-order valence-electron chi connectivity index (χ0n) is 16.6. The monoisotopic (exact) mass is 437 g/mol. The van der Waals surface area contributed by atoms with Crippen LogP contribution in [0.1, 0.15) is 23.2 Å².